The Labute approximate surface area is 164 Å². The molecule has 0 spiro atoms. The lowest BCUT2D eigenvalue weighted by atomic mass is 10.1. The predicted octanol–water partition coefficient (Wildman–Crippen LogP) is 3.05. The molecule has 0 saturated heterocycles. The van der Waals surface area contributed by atoms with Crippen LogP contribution in [-0.2, 0) is 16.4 Å². The van der Waals surface area contributed by atoms with Gasteiger partial charge in [0.15, 0.2) is 0 Å². The minimum Gasteiger partial charge on any atom is -0.354 e. The number of primary sulfonamides is 1. The summed E-state index contributed by atoms with van der Waals surface area (Å²) in [5.41, 5.74) is 2.95. The van der Waals surface area contributed by atoms with E-state index in [4.69, 9.17) is 5.14 Å². The van der Waals surface area contributed by atoms with Crippen LogP contribution in [0, 0.1) is 0 Å². The van der Waals surface area contributed by atoms with Gasteiger partial charge in [0.05, 0.1) is 4.90 Å². The number of benzene rings is 2. The summed E-state index contributed by atoms with van der Waals surface area (Å²) in [5.74, 6) is 0.890. The van der Waals surface area contributed by atoms with Crippen LogP contribution in [0.1, 0.15) is 35.1 Å². The Morgan fingerprint density at radius 3 is 2.54 bits per heavy atom. The number of hydrogen-bond donors (Lipinski definition) is 2. The summed E-state index contributed by atoms with van der Waals surface area (Å²) >= 11 is 0. The summed E-state index contributed by atoms with van der Waals surface area (Å²) < 4.78 is 23.7. The van der Waals surface area contributed by atoms with E-state index >= 15 is 0 Å². The standard InChI is InChI=1S/C21H22N4O2S/c22-28(26,27)20-9-5-4-8-16(20)17-14-18(17)19-11-13-24-21(25-19)23-12-10-15-6-2-1-3-7-15/h1-9,11,13,17-18H,10,12,14H2,(H2,22,26,27)(H,23,24,25). The molecular weight excluding hydrogens is 372 g/mol. The SMILES string of the molecule is NS(=O)(=O)c1ccccc1C1CC1c1ccnc(NCCc2ccccc2)n1. The lowest BCUT2D eigenvalue weighted by Gasteiger charge is -2.08. The third kappa shape index (κ3) is 4.21. The van der Waals surface area contributed by atoms with Crippen molar-refractivity contribution in [3.8, 4) is 0 Å². The quantitative estimate of drug-likeness (QED) is 0.642. The fourth-order valence-electron chi connectivity index (χ4n) is 3.54. The highest BCUT2D eigenvalue weighted by Crippen LogP contribution is 2.55. The van der Waals surface area contributed by atoms with E-state index in [-0.39, 0.29) is 16.7 Å². The largest absolute Gasteiger partial charge is 0.354 e. The number of rotatable bonds is 7. The van der Waals surface area contributed by atoms with E-state index in [0.29, 0.717) is 5.95 Å². The summed E-state index contributed by atoms with van der Waals surface area (Å²) in [6, 6.07) is 19.1. The van der Waals surface area contributed by atoms with Crippen molar-refractivity contribution in [3.63, 3.8) is 0 Å². The number of anilines is 1. The Kier molecular flexibility index (Phi) is 5.11. The van der Waals surface area contributed by atoms with Gasteiger partial charge in [-0.05, 0) is 42.0 Å². The summed E-state index contributed by atoms with van der Waals surface area (Å²) in [4.78, 5) is 9.13. The first-order valence-electron chi connectivity index (χ1n) is 9.25. The summed E-state index contributed by atoms with van der Waals surface area (Å²) in [7, 11) is -3.74. The molecule has 2 aromatic carbocycles. The summed E-state index contributed by atoms with van der Waals surface area (Å²) in [6.07, 6.45) is 3.49. The van der Waals surface area contributed by atoms with Crippen molar-refractivity contribution in [2.45, 2.75) is 29.6 Å². The molecule has 1 fully saturated rings. The third-order valence-electron chi connectivity index (χ3n) is 5.01. The second-order valence-electron chi connectivity index (χ2n) is 7.00. The number of hydrogen-bond acceptors (Lipinski definition) is 5. The van der Waals surface area contributed by atoms with Crippen LogP contribution in [0.15, 0.2) is 71.8 Å². The molecule has 4 rings (SSSR count). The second kappa shape index (κ2) is 7.69. The molecule has 28 heavy (non-hydrogen) atoms. The smallest absolute Gasteiger partial charge is 0.238 e. The van der Waals surface area contributed by atoms with Crippen molar-refractivity contribution in [2.75, 3.05) is 11.9 Å². The molecule has 0 amide bonds. The van der Waals surface area contributed by atoms with E-state index < -0.39 is 10.0 Å². The van der Waals surface area contributed by atoms with Crippen LogP contribution in [0.4, 0.5) is 5.95 Å². The van der Waals surface area contributed by atoms with Crippen molar-refractivity contribution in [1.29, 1.82) is 0 Å². The maximum absolute atomic E-state index is 11.9. The van der Waals surface area contributed by atoms with Gasteiger partial charge < -0.3 is 5.32 Å². The van der Waals surface area contributed by atoms with Crippen LogP contribution < -0.4 is 10.5 Å². The molecule has 6 nitrogen and oxygen atoms in total. The monoisotopic (exact) mass is 394 g/mol. The maximum atomic E-state index is 11.9. The van der Waals surface area contributed by atoms with Crippen LogP contribution in [0.3, 0.4) is 0 Å². The topological polar surface area (TPSA) is 98.0 Å². The second-order valence-corrected chi connectivity index (χ2v) is 8.53. The van der Waals surface area contributed by atoms with E-state index in [1.165, 1.54) is 5.56 Å². The third-order valence-corrected chi connectivity index (χ3v) is 6.00. The Morgan fingerprint density at radius 2 is 1.75 bits per heavy atom. The highest BCUT2D eigenvalue weighted by atomic mass is 32.2. The Hall–Kier alpha value is -2.77. The molecule has 2 unspecified atom stereocenters. The molecule has 1 aliphatic rings. The minimum atomic E-state index is -3.74. The average molecular weight is 395 g/mol. The van der Waals surface area contributed by atoms with Crippen molar-refractivity contribution in [2.24, 2.45) is 5.14 Å². The molecule has 144 valence electrons. The minimum absolute atomic E-state index is 0.113. The summed E-state index contributed by atoms with van der Waals surface area (Å²) in [5, 5.41) is 8.64. The zero-order valence-electron chi connectivity index (χ0n) is 15.3. The molecule has 1 aromatic heterocycles. The molecule has 0 bridgehead atoms. The number of nitrogens with two attached hydrogens (primary N) is 1. The fourth-order valence-corrected chi connectivity index (χ4v) is 4.36. The van der Waals surface area contributed by atoms with Crippen molar-refractivity contribution in [1.82, 2.24) is 9.97 Å². The number of nitrogens with zero attached hydrogens (tertiary/aromatic N) is 2. The molecular formula is C21H22N4O2S. The zero-order valence-corrected chi connectivity index (χ0v) is 16.1. The van der Waals surface area contributed by atoms with Gasteiger partial charge in [0.25, 0.3) is 0 Å². The lowest BCUT2D eigenvalue weighted by Crippen LogP contribution is -2.14. The van der Waals surface area contributed by atoms with Crippen molar-refractivity contribution in [3.05, 3.63) is 83.7 Å². The normalized spacial score (nSPS) is 18.6. The van der Waals surface area contributed by atoms with Crippen LogP contribution in [0.2, 0.25) is 0 Å². The maximum Gasteiger partial charge on any atom is 0.238 e. The van der Waals surface area contributed by atoms with E-state index in [1.807, 2.05) is 36.4 Å². The molecule has 1 saturated carbocycles. The molecule has 2 atom stereocenters. The first kappa shape index (κ1) is 18.6. The highest BCUT2D eigenvalue weighted by molar-refractivity contribution is 7.89. The molecule has 0 radical (unpaired) electrons. The Balaban J connectivity index is 1.44. The zero-order chi connectivity index (χ0) is 19.6. The van der Waals surface area contributed by atoms with Gasteiger partial charge in [0.2, 0.25) is 16.0 Å². The number of aromatic nitrogens is 2. The molecule has 7 heteroatoms. The van der Waals surface area contributed by atoms with Gasteiger partial charge in [-0.15, -0.1) is 0 Å². The highest BCUT2D eigenvalue weighted by Gasteiger charge is 2.42. The van der Waals surface area contributed by atoms with E-state index in [0.717, 1.165) is 30.6 Å². The van der Waals surface area contributed by atoms with Crippen LogP contribution >= 0.6 is 0 Å². The Bertz CT molecular complexity index is 1070. The first-order chi connectivity index (χ1) is 13.5. The van der Waals surface area contributed by atoms with Crippen molar-refractivity contribution >= 4 is 16.0 Å². The van der Waals surface area contributed by atoms with Gasteiger partial charge in [-0.3, -0.25) is 0 Å². The van der Waals surface area contributed by atoms with Gasteiger partial charge in [-0.1, -0.05) is 48.5 Å². The van der Waals surface area contributed by atoms with Gasteiger partial charge >= 0.3 is 0 Å². The van der Waals surface area contributed by atoms with Gasteiger partial charge in [-0.25, -0.2) is 23.5 Å². The predicted molar refractivity (Wildman–Crippen MR) is 109 cm³/mol. The van der Waals surface area contributed by atoms with Crippen LogP contribution in [-0.4, -0.2) is 24.9 Å². The van der Waals surface area contributed by atoms with E-state index in [9.17, 15) is 8.42 Å². The Morgan fingerprint density at radius 1 is 1.00 bits per heavy atom. The van der Waals surface area contributed by atoms with Crippen LogP contribution in [0.25, 0.3) is 0 Å². The van der Waals surface area contributed by atoms with Crippen molar-refractivity contribution < 1.29 is 8.42 Å². The number of nitrogens with one attached hydrogen (secondary N) is 1. The molecule has 0 aliphatic heterocycles. The number of sulfonamides is 1. The molecule has 3 aromatic rings. The van der Waals surface area contributed by atoms with E-state index in [1.54, 1.807) is 18.3 Å². The van der Waals surface area contributed by atoms with Crippen LogP contribution in [0.5, 0.6) is 0 Å². The lowest BCUT2D eigenvalue weighted by molar-refractivity contribution is 0.596. The average Bonchev–Trinajstić information content (AvgIpc) is 3.49. The molecule has 1 heterocycles. The van der Waals surface area contributed by atoms with Gasteiger partial charge in [-0.2, -0.15) is 0 Å². The summed E-state index contributed by atoms with van der Waals surface area (Å²) in [6.45, 7) is 0.746. The first-order valence-corrected chi connectivity index (χ1v) is 10.8. The fraction of sp³-hybridized carbons (Fsp3) is 0.238. The molecule has 1 aliphatic carbocycles. The van der Waals surface area contributed by atoms with Gasteiger partial charge in [0, 0.05) is 24.4 Å². The molecule has 3 N–H and O–H groups in total. The van der Waals surface area contributed by atoms with E-state index in [2.05, 4.69) is 27.4 Å². The van der Waals surface area contributed by atoms with Gasteiger partial charge in [0.1, 0.15) is 0 Å².